The van der Waals surface area contributed by atoms with Gasteiger partial charge in [0.15, 0.2) is 0 Å². The van der Waals surface area contributed by atoms with E-state index in [1.807, 2.05) is 0 Å². The molecule has 0 aliphatic rings. The van der Waals surface area contributed by atoms with Crippen LogP contribution in [0.1, 0.15) is 335 Å². The van der Waals surface area contributed by atoms with E-state index >= 15 is 0 Å². The summed E-state index contributed by atoms with van der Waals surface area (Å²) in [6.07, 6.45) is 66.3. The van der Waals surface area contributed by atoms with Crippen LogP contribution in [0.25, 0.3) is 0 Å². The standard InChI is InChI=1S/C60H117NO5/c1-3-5-7-9-11-13-15-17-19-21-22-24-28-32-36-40-44-48-52-58(63)57(56-62)61-59(64)53-49-45-41-37-33-29-25-23-27-31-35-39-43-47-51-55-66-60(65)54-50-46-42-38-34-30-26-20-18-16-14-12-10-8-6-4-2/h20,26,57-58,62-63H,3-19,21-25,27-56H2,1-2H3,(H,61,64)/b26-20-. The van der Waals surface area contributed by atoms with E-state index in [1.54, 1.807) is 0 Å². The summed E-state index contributed by atoms with van der Waals surface area (Å²) in [5.74, 6) is -0.0464. The molecule has 0 radical (unpaired) electrons. The van der Waals surface area contributed by atoms with Crippen molar-refractivity contribution in [3.63, 3.8) is 0 Å². The molecule has 0 saturated heterocycles. The van der Waals surface area contributed by atoms with Crippen LogP contribution in [0.3, 0.4) is 0 Å². The maximum Gasteiger partial charge on any atom is 0.305 e. The van der Waals surface area contributed by atoms with Crippen LogP contribution in [-0.4, -0.2) is 47.4 Å². The predicted molar refractivity (Wildman–Crippen MR) is 287 cm³/mol. The second-order valence-electron chi connectivity index (χ2n) is 20.7. The number of rotatable bonds is 56. The van der Waals surface area contributed by atoms with Gasteiger partial charge in [-0.15, -0.1) is 0 Å². The number of unbranched alkanes of at least 4 members (excludes halogenated alkanes) is 43. The molecule has 0 aliphatic carbocycles. The van der Waals surface area contributed by atoms with Crippen molar-refractivity contribution in [3.05, 3.63) is 12.2 Å². The van der Waals surface area contributed by atoms with Gasteiger partial charge in [-0.1, -0.05) is 283 Å². The third-order valence-electron chi connectivity index (χ3n) is 14.1. The minimum absolute atomic E-state index is 0.00574. The van der Waals surface area contributed by atoms with E-state index in [9.17, 15) is 19.8 Å². The van der Waals surface area contributed by atoms with Crippen molar-refractivity contribution in [1.29, 1.82) is 0 Å². The van der Waals surface area contributed by atoms with Gasteiger partial charge in [-0.05, 0) is 51.4 Å². The Kier molecular flexibility index (Phi) is 55.0. The van der Waals surface area contributed by atoms with Gasteiger partial charge in [-0.25, -0.2) is 0 Å². The van der Waals surface area contributed by atoms with E-state index in [2.05, 4.69) is 31.3 Å². The summed E-state index contributed by atoms with van der Waals surface area (Å²) in [7, 11) is 0. The van der Waals surface area contributed by atoms with Crippen molar-refractivity contribution in [1.82, 2.24) is 5.32 Å². The van der Waals surface area contributed by atoms with Crippen molar-refractivity contribution in [2.75, 3.05) is 13.2 Å². The summed E-state index contributed by atoms with van der Waals surface area (Å²) in [5, 5.41) is 23.3. The van der Waals surface area contributed by atoms with Gasteiger partial charge in [0.25, 0.3) is 0 Å². The number of allylic oxidation sites excluding steroid dienone is 2. The number of carbonyl (C=O) groups is 2. The van der Waals surface area contributed by atoms with Gasteiger partial charge in [0.05, 0.1) is 25.4 Å². The van der Waals surface area contributed by atoms with Crippen molar-refractivity contribution in [2.24, 2.45) is 0 Å². The quantitative estimate of drug-likeness (QED) is 0.0321. The lowest BCUT2D eigenvalue weighted by atomic mass is 10.0. The first-order valence-electron chi connectivity index (χ1n) is 29.9. The second-order valence-corrected chi connectivity index (χ2v) is 20.7. The first-order chi connectivity index (χ1) is 32.5. The number of aliphatic hydroxyl groups is 2. The molecule has 0 aromatic rings. The Morgan fingerprint density at radius 2 is 0.712 bits per heavy atom. The fraction of sp³-hybridized carbons (Fsp3) is 0.933. The maximum absolute atomic E-state index is 12.5. The Balaban J connectivity index is 3.42. The lowest BCUT2D eigenvalue weighted by molar-refractivity contribution is -0.143. The summed E-state index contributed by atoms with van der Waals surface area (Å²) in [6, 6.07) is -0.548. The number of hydrogen-bond acceptors (Lipinski definition) is 5. The molecule has 0 fully saturated rings. The maximum atomic E-state index is 12.5. The van der Waals surface area contributed by atoms with Crippen molar-refractivity contribution >= 4 is 11.9 Å². The molecule has 0 aromatic carbocycles. The number of aliphatic hydroxyl groups excluding tert-OH is 2. The molecule has 392 valence electrons. The molecule has 0 aliphatic heterocycles. The molecular weight excluding hydrogens is 815 g/mol. The zero-order valence-electron chi connectivity index (χ0n) is 44.7. The molecule has 2 atom stereocenters. The molecule has 0 heterocycles. The van der Waals surface area contributed by atoms with Gasteiger partial charge in [0.2, 0.25) is 5.91 Å². The molecule has 2 unspecified atom stereocenters. The number of esters is 1. The van der Waals surface area contributed by atoms with E-state index in [1.165, 1.54) is 250 Å². The molecule has 0 bridgehead atoms. The fourth-order valence-electron chi connectivity index (χ4n) is 9.46. The number of ether oxygens (including phenoxy) is 1. The summed E-state index contributed by atoms with van der Waals surface area (Å²) in [4.78, 5) is 24.6. The number of nitrogens with one attached hydrogen (secondary N) is 1. The Bertz CT molecular complexity index is 986. The van der Waals surface area contributed by atoms with Crippen molar-refractivity contribution < 1.29 is 24.5 Å². The van der Waals surface area contributed by atoms with Gasteiger partial charge < -0.3 is 20.3 Å². The monoisotopic (exact) mass is 932 g/mol. The molecule has 66 heavy (non-hydrogen) atoms. The molecule has 1 amide bonds. The molecule has 0 spiro atoms. The van der Waals surface area contributed by atoms with E-state index < -0.39 is 12.1 Å². The lowest BCUT2D eigenvalue weighted by Crippen LogP contribution is -2.45. The van der Waals surface area contributed by atoms with Gasteiger partial charge in [-0.2, -0.15) is 0 Å². The number of amides is 1. The van der Waals surface area contributed by atoms with E-state index in [4.69, 9.17) is 4.74 Å². The van der Waals surface area contributed by atoms with Crippen LogP contribution >= 0.6 is 0 Å². The largest absolute Gasteiger partial charge is 0.466 e. The molecule has 0 saturated carbocycles. The van der Waals surface area contributed by atoms with Crippen LogP contribution in [0.4, 0.5) is 0 Å². The van der Waals surface area contributed by atoms with Crippen molar-refractivity contribution in [2.45, 2.75) is 347 Å². The summed E-state index contributed by atoms with van der Waals surface area (Å²) in [6.45, 7) is 4.95. The molecule has 3 N–H and O–H groups in total. The second kappa shape index (κ2) is 56.2. The Morgan fingerprint density at radius 3 is 1.08 bits per heavy atom. The van der Waals surface area contributed by atoms with Crippen LogP contribution in [0.15, 0.2) is 12.2 Å². The first kappa shape index (κ1) is 64.6. The zero-order chi connectivity index (χ0) is 47.9. The Morgan fingerprint density at radius 1 is 0.409 bits per heavy atom. The topological polar surface area (TPSA) is 95.9 Å². The molecule has 6 heteroatoms. The van der Waals surface area contributed by atoms with Crippen molar-refractivity contribution in [3.8, 4) is 0 Å². The first-order valence-corrected chi connectivity index (χ1v) is 29.9. The third-order valence-corrected chi connectivity index (χ3v) is 14.1. The highest BCUT2D eigenvalue weighted by Gasteiger charge is 2.20. The highest BCUT2D eigenvalue weighted by molar-refractivity contribution is 5.76. The average molecular weight is 933 g/mol. The van der Waals surface area contributed by atoms with Gasteiger partial charge in [0, 0.05) is 12.8 Å². The van der Waals surface area contributed by atoms with E-state index in [0.717, 1.165) is 51.4 Å². The SMILES string of the molecule is CCCCCCCCC/C=C\CCCCCCCC(=O)OCCCCCCCCCCCCCCCCCC(=O)NC(CO)C(O)CCCCCCCCCCCCCCCCCCCC. The van der Waals surface area contributed by atoms with Gasteiger partial charge in [0.1, 0.15) is 0 Å². The number of hydrogen-bond donors (Lipinski definition) is 3. The minimum atomic E-state index is -0.670. The molecule has 0 aromatic heterocycles. The van der Waals surface area contributed by atoms with Crippen LogP contribution < -0.4 is 5.32 Å². The zero-order valence-corrected chi connectivity index (χ0v) is 44.7. The van der Waals surface area contributed by atoms with Crippen LogP contribution in [-0.2, 0) is 14.3 Å². The van der Waals surface area contributed by atoms with E-state index in [-0.39, 0.29) is 18.5 Å². The van der Waals surface area contributed by atoms with Gasteiger partial charge in [-0.3, -0.25) is 9.59 Å². The number of carbonyl (C=O) groups excluding carboxylic acids is 2. The van der Waals surface area contributed by atoms with Crippen LogP contribution in [0.2, 0.25) is 0 Å². The third kappa shape index (κ3) is 52.0. The summed E-state index contributed by atoms with van der Waals surface area (Å²) >= 11 is 0. The Labute approximate surface area is 412 Å². The van der Waals surface area contributed by atoms with Crippen LogP contribution in [0.5, 0.6) is 0 Å². The smallest absolute Gasteiger partial charge is 0.305 e. The van der Waals surface area contributed by atoms with E-state index in [0.29, 0.717) is 25.9 Å². The molecule has 0 rings (SSSR count). The summed E-state index contributed by atoms with van der Waals surface area (Å²) in [5.41, 5.74) is 0. The predicted octanol–water partition coefficient (Wildman–Crippen LogP) is 18.5. The van der Waals surface area contributed by atoms with Gasteiger partial charge >= 0.3 is 5.97 Å². The molecular formula is C60H117NO5. The average Bonchev–Trinajstić information content (AvgIpc) is 3.32. The fourth-order valence-corrected chi connectivity index (χ4v) is 9.46. The molecule has 6 nitrogen and oxygen atoms in total. The summed E-state index contributed by atoms with van der Waals surface area (Å²) < 4.78 is 5.48. The lowest BCUT2D eigenvalue weighted by Gasteiger charge is -2.22. The highest BCUT2D eigenvalue weighted by Crippen LogP contribution is 2.18. The minimum Gasteiger partial charge on any atom is -0.466 e. The normalized spacial score (nSPS) is 12.6. The Hall–Kier alpha value is -1.40. The van der Waals surface area contributed by atoms with Crippen LogP contribution in [0, 0.1) is 0 Å². The highest BCUT2D eigenvalue weighted by atomic mass is 16.5.